The van der Waals surface area contributed by atoms with Crippen molar-refractivity contribution in [2.24, 2.45) is 5.92 Å². The number of nitrogens with one attached hydrogen (secondary N) is 1. The molecular formula is C16H25NO. The van der Waals surface area contributed by atoms with Gasteiger partial charge in [0, 0.05) is 6.04 Å². The lowest BCUT2D eigenvalue weighted by Gasteiger charge is -2.25. The van der Waals surface area contributed by atoms with Crippen molar-refractivity contribution in [3.63, 3.8) is 0 Å². The summed E-state index contributed by atoms with van der Waals surface area (Å²) in [6.45, 7) is 4.27. The van der Waals surface area contributed by atoms with E-state index in [9.17, 15) is 0 Å². The molecule has 0 amide bonds. The van der Waals surface area contributed by atoms with Gasteiger partial charge in [-0.15, -0.1) is 0 Å². The molecule has 1 atom stereocenters. The minimum absolute atomic E-state index is 0.496. The lowest BCUT2D eigenvalue weighted by Crippen LogP contribution is -2.23. The Labute approximate surface area is 111 Å². The summed E-state index contributed by atoms with van der Waals surface area (Å²) in [4.78, 5) is 0. The van der Waals surface area contributed by atoms with Crippen LogP contribution in [0.3, 0.4) is 0 Å². The van der Waals surface area contributed by atoms with Crippen molar-refractivity contribution in [1.82, 2.24) is 5.32 Å². The van der Waals surface area contributed by atoms with E-state index in [1.54, 1.807) is 7.11 Å². The van der Waals surface area contributed by atoms with E-state index in [1.165, 1.54) is 42.4 Å². The van der Waals surface area contributed by atoms with Crippen LogP contribution in [0.25, 0.3) is 0 Å². The normalized spacial score (nSPS) is 18.0. The predicted molar refractivity (Wildman–Crippen MR) is 76.2 cm³/mol. The van der Waals surface area contributed by atoms with Crippen LogP contribution >= 0.6 is 0 Å². The molecular weight excluding hydrogens is 222 g/mol. The van der Waals surface area contributed by atoms with Crippen LogP contribution in [0.1, 0.15) is 48.4 Å². The fourth-order valence-electron chi connectivity index (χ4n) is 3.45. The van der Waals surface area contributed by atoms with Gasteiger partial charge in [0.1, 0.15) is 5.75 Å². The molecule has 0 spiro atoms. The molecule has 2 rings (SSSR count). The first-order chi connectivity index (χ1) is 8.67. The van der Waals surface area contributed by atoms with Crippen LogP contribution in [-0.2, 0) is 0 Å². The van der Waals surface area contributed by atoms with Crippen molar-refractivity contribution >= 4 is 0 Å². The number of rotatable bonds is 4. The van der Waals surface area contributed by atoms with Gasteiger partial charge in [-0.25, -0.2) is 0 Å². The lowest BCUT2D eigenvalue weighted by molar-refractivity contribution is 0.386. The zero-order valence-electron chi connectivity index (χ0n) is 12.0. The third-order valence-corrected chi connectivity index (χ3v) is 4.23. The van der Waals surface area contributed by atoms with Gasteiger partial charge in [0.25, 0.3) is 0 Å². The van der Waals surface area contributed by atoms with Crippen molar-refractivity contribution in [3.05, 3.63) is 28.8 Å². The molecule has 2 heteroatoms. The Morgan fingerprint density at radius 2 is 1.72 bits per heavy atom. The Morgan fingerprint density at radius 3 is 2.17 bits per heavy atom. The van der Waals surface area contributed by atoms with E-state index in [0.717, 1.165) is 11.7 Å². The summed E-state index contributed by atoms with van der Waals surface area (Å²) in [7, 11) is 3.83. The Hall–Kier alpha value is -1.02. The molecule has 1 aromatic rings. The summed E-state index contributed by atoms with van der Waals surface area (Å²) in [6, 6.07) is 5.06. The Bertz CT molecular complexity index is 385. The molecule has 0 bridgehead atoms. The van der Waals surface area contributed by atoms with Gasteiger partial charge >= 0.3 is 0 Å². The topological polar surface area (TPSA) is 21.3 Å². The van der Waals surface area contributed by atoms with E-state index in [1.807, 2.05) is 0 Å². The Balaban J connectivity index is 2.30. The van der Waals surface area contributed by atoms with Gasteiger partial charge in [0.05, 0.1) is 7.11 Å². The Kier molecular flexibility index (Phi) is 4.28. The molecule has 1 N–H and O–H groups in total. The van der Waals surface area contributed by atoms with Gasteiger partial charge in [-0.3, -0.25) is 0 Å². The maximum Gasteiger partial charge on any atom is 0.124 e. The number of aryl methyl sites for hydroxylation is 2. The minimum Gasteiger partial charge on any atom is -0.496 e. The first-order valence-electron chi connectivity index (χ1n) is 6.99. The third kappa shape index (κ3) is 2.54. The molecule has 1 aromatic carbocycles. The number of hydrogen-bond acceptors (Lipinski definition) is 2. The zero-order valence-corrected chi connectivity index (χ0v) is 12.0. The van der Waals surface area contributed by atoms with E-state index in [2.05, 4.69) is 38.3 Å². The monoisotopic (exact) mass is 247 g/mol. The highest BCUT2D eigenvalue weighted by molar-refractivity contribution is 5.44. The molecule has 1 fully saturated rings. The SMILES string of the molecule is CNC(c1cc(C)c(OC)c(C)c1)C1CCCC1. The van der Waals surface area contributed by atoms with E-state index in [-0.39, 0.29) is 0 Å². The smallest absolute Gasteiger partial charge is 0.124 e. The summed E-state index contributed by atoms with van der Waals surface area (Å²) in [6.07, 6.45) is 5.49. The van der Waals surface area contributed by atoms with Crippen molar-refractivity contribution in [2.75, 3.05) is 14.2 Å². The Morgan fingerprint density at radius 1 is 1.17 bits per heavy atom. The largest absolute Gasteiger partial charge is 0.496 e. The first kappa shape index (κ1) is 13.4. The van der Waals surface area contributed by atoms with E-state index < -0.39 is 0 Å². The van der Waals surface area contributed by atoms with Gasteiger partial charge in [-0.2, -0.15) is 0 Å². The number of hydrogen-bond donors (Lipinski definition) is 1. The maximum atomic E-state index is 5.45. The highest BCUT2D eigenvalue weighted by Gasteiger charge is 2.25. The molecule has 2 nitrogen and oxygen atoms in total. The second kappa shape index (κ2) is 5.75. The van der Waals surface area contributed by atoms with Crippen LogP contribution < -0.4 is 10.1 Å². The molecule has 1 saturated carbocycles. The predicted octanol–water partition coefficient (Wildman–Crippen LogP) is 3.76. The fourth-order valence-corrected chi connectivity index (χ4v) is 3.45. The molecule has 100 valence electrons. The number of methoxy groups -OCH3 is 1. The molecule has 1 unspecified atom stereocenters. The van der Waals surface area contributed by atoms with Crippen LogP contribution in [0.5, 0.6) is 5.75 Å². The molecule has 0 heterocycles. The number of ether oxygens (including phenoxy) is 1. The highest BCUT2D eigenvalue weighted by atomic mass is 16.5. The summed E-state index contributed by atoms with van der Waals surface area (Å²) in [5.74, 6) is 1.82. The van der Waals surface area contributed by atoms with Crippen LogP contribution in [0, 0.1) is 19.8 Å². The molecule has 0 saturated heterocycles. The summed E-state index contributed by atoms with van der Waals surface area (Å²) in [5, 5.41) is 3.51. The van der Waals surface area contributed by atoms with Crippen LogP contribution in [0.2, 0.25) is 0 Å². The average Bonchev–Trinajstić information content (AvgIpc) is 2.83. The second-order valence-corrected chi connectivity index (χ2v) is 5.50. The van der Waals surface area contributed by atoms with Crippen molar-refractivity contribution in [2.45, 2.75) is 45.6 Å². The van der Waals surface area contributed by atoms with Crippen molar-refractivity contribution in [1.29, 1.82) is 0 Å². The average molecular weight is 247 g/mol. The van der Waals surface area contributed by atoms with Gasteiger partial charge < -0.3 is 10.1 Å². The van der Waals surface area contributed by atoms with Gasteiger partial charge in [0.2, 0.25) is 0 Å². The van der Waals surface area contributed by atoms with Gasteiger partial charge in [-0.1, -0.05) is 25.0 Å². The van der Waals surface area contributed by atoms with Crippen LogP contribution in [-0.4, -0.2) is 14.2 Å². The highest BCUT2D eigenvalue weighted by Crippen LogP contribution is 2.37. The summed E-state index contributed by atoms with van der Waals surface area (Å²) >= 11 is 0. The zero-order chi connectivity index (χ0) is 13.1. The minimum atomic E-state index is 0.496. The van der Waals surface area contributed by atoms with Crippen molar-refractivity contribution < 1.29 is 4.74 Å². The van der Waals surface area contributed by atoms with Gasteiger partial charge in [-0.05, 0) is 56.3 Å². The quantitative estimate of drug-likeness (QED) is 0.874. The molecule has 0 radical (unpaired) electrons. The van der Waals surface area contributed by atoms with Crippen LogP contribution in [0.15, 0.2) is 12.1 Å². The third-order valence-electron chi connectivity index (χ3n) is 4.23. The van der Waals surface area contributed by atoms with Crippen molar-refractivity contribution in [3.8, 4) is 5.75 Å². The lowest BCUT2D eigenvalue weighted by atomic mass is 9.89. The summed E-state index contributed by atoms with van der Waals surface area (Å²) in [5.41, 5.74) is 3.90. The number of benzene rings is 1. The molecule has 18 heavy (non-hydrogen) atoms. The molecule has 0 aromatic heterocycles. The molecule has 1 aliphatic carbocycles. The van der Waals surface area contributed by atoms with E-state index >= 15 is 0 Å². The second-order valence-electron chi connectivity index (χ2n) is 5.50. The van der Waals surface area contributed by atoms with E-state index in [4.69, 9.17) is 4.74 Å². The van der Waals surface area contributed by atoms with Gasteiger partial charge in [0.15, 0.2) is 0 Å². The summed E-state index contributed by atoms with van der Waals surface area (Å²) < 4.78 is 5.45. The van der Waals surface area contributed by atoms with Crippen LogP contribution in [0.4, 0.5) is 0 Å². The van der Waals surface area contributed by atoms with E-state index in [0.29, 0.717) is 6.04 Å². The molecule has 0 aliphatic heterocycles. The molecule has 1 aliphatic rings. The maximum absolute atomic E-state index is 5.45. The standard InChI is InChI=1S/C16H25NO/c1-11-9-14(10-12(2)16(11)18-4)15(17-3)13-7-5-6-8-13/h9-10,13,15,17H,5-8H2,1-4H3. The fraction of sp³-hybridized carbons (Fsp3) is 0.625. The first-order valence-corrected chi connectivity index (χ1v) is 6.99.